The molecule has 0 saturated heterocycles. The topological polar surface area (TPSA) is 17.1 Å². The van der Waals surface area contributed by atoms with Crippen molar-refractivity contribution in [3.63, 3.8) is 0 Å². The van der Waals surface area contributed by atoms with Crippen molar-refractivity contribution in [3.05, 3.63) is 29.8 Å². The van der Waals surface area contributed by atoms with Gasteiger partial charge in [-0.1, -0.05) is 12.1 Å². The number of hydrogen-bond donors (Lipinski definition) is 1. The Balaban J connectivity index is 3.07. The summed E-state index contributed by atoms with van der Waals surface area (Å²) in [5.41, 5.74) is 0.481. The standard InChI is InChI=1S/C7H5ClOS/c8-7(9)5-2-1-3-6(10)4-5/h1-4,10H. The van der Waals surface area contributed by atoms with Gasteiger partial charge in [0.05, 0.1) is 0 Å². The van der Waals surface area contributed by atoms with E-state index in [9.17, 15) is 4.79 Å². The Hall–Kier alpha value is -0.470. The van der Waals surface area contributed by atoms with Crippen molar-refractivity contribution < 1.29 is 4.79 Å². The van der Waals surface area contributed by atoms with Gasteiger partial charge >= 0.3 is 0 Å². The molecule has 0 amide bonds. The van der Waals surface area contributed by atoms with E-state index < -0.39 is 5.24 Å². The van der Waals surface area contributed by atoms with Crippen LogP contribution < -0.4 is 0 Å². The maximum Gasteiger partial charge on any atom is 0.252 e. The predicted octanol–water partition coefficient (Wildman–Crippen LogP) is 2.35. The van der Waals surface area contributed by atoms with Crippen LogP contribution in [0.25, 0.3) is 0 Å². The molecule has 1 nitrogen and oxygen atoms in total. The van der Waals surface area contributed by atoms with Gasteiger partial charge in [0, 0.05) is 10.5 Å². The molecule has 0 N–H and O–H groups in total. The quantitative estimate of drug-likeness (QED) is 0.509. The lowest BCUT2D eigenvalue weighted by molar-refractivity contribution is 0.108. The summed E-state index contributed by atoms with van der Waals surface area (Å²) in [6.45, 7) is 0. The minimum Gasteiger partial charge on any atom is -0.276 e. The van der Waals surface area contributed by atoms with Gasteiger partial charge in [0.2, 0.25) is 0 Å². The van der Waals surface area contributed by atoms with Crippen LogP contribution in [0.4, 0.5) is 0 Å². The van der Waals surface area contributed by atoms with E-state index in [0.717, 1.165) is 4.90 Å². The van der Waals surface area contributed by atoms with Gasteiger partial charge in [-0.25, -0.2) is 0 Å². The van der Waals surface area contributed by atoms with Gasteiger partial charge in [0.25, 0.3) is 5.24 Å². The maximum absolute atomic E-state index is 10.5. The molecule has 0 fully saturated rings. The molecule has 10 heavy (non-hydrogen) atoms. The summed E-state index contributed by atoms with van der Waals surface area (Å²) < 4.78 is 0. The SMILES string of the molecule is O=C(Cl)c1cccc(S)c1. The van der Waals surface area contributed by atoms with Gasteiger partial charge in [-0.3, -0.25) is 4.79 Å². The zero-order valence-corrected chi connectivity index (χ0v) is 6.69. The minimum atomic E-state index is -0.448. The van der Waals surface area contributed by atoms with Gasteiger partial charge in [-0.2, -0.15) is 0 Å². The molecule has 0 aliphatic carbocycles. The van der Waals surface area contributed by atoms with E-state index in [-0.39, 0.29) is 0 Å². The third-order valence-corrected chi connectivity index (χ3v) is 1.57. The van der Waals surface area contributed by atoms with E-state index in [1.54, 1.807) is 24.3 Å². The molecule has 0 atom stereocenters. The van der Waals surface area contributed by atoms with Crippen LogP contribution in [-0.4, -0.2) is 5.24 Å². The van der Waals surface area contributed by atoms with E-state index in [0.29, 0.717) is 5.56 Å². The zero-order valence-electron chi connectivity index (χ0n) is 5.04. The first-order valence-electron chi connectivity index (χ1n) is 2.69. The Morgan fingerprint density at radius 3 is 2.60 bits per heavy atom. The molecule has 3 heteroatoms. The van der Waals surface area contributed by atoms with Gasteiger partial charge in [0.15, 0.2) is 0 Å². The summed E-state index contributed by atoms with van der Waals surface area (Å²) >= 11 is 9.24. The summed E-state index contributed by atoms with van der Waals surface area (Å²) in [6, 6.07) is 6.79. The molecule has 0 aliphatic rings. The van der Waals surface area contributed by atoms with Crippen molar-refractivity contribution in [3.8, 4) is 0 Å². The fraction of sp³-hybridized carbons (Fsp3) is 0. The Kier molecular flexibility index (Phi) is 2.35. The highest BCUT2D eigenvalue weighted by Gasteiger charge is 1.98. The molecule has 1 aromatic carbocycles. The Labute approximate surface area is 69.4 Å². The summed E-state index contributed by atoms with van der Waals surface area (Å²) in [5, 5.41) is -0.448. The van der Waals surface area contributed by atoms with Crippen LogP contribution in [0.15, 0.2) is 29.2 Å². The molecule has 0 bridgehead atoms. The lowest BCUT2D eigenvalue weighted by Crippen LogP contribution is -1.86. The van der Waals surface area contributed by atoms with Gasteiger partial charge < -0.3 is 0 Å². The normalized spacial score (nSPS) is 9.40. The van der Waals surface area contributed by atoms with E-state index in [1.807, 2.05) is 0 Å². The smallest absolute Gasteiger partial charge is 0.252 e. The van der Waals surface area contributed by atoms with Crippen LogP contribution >= 0.6 is 24.2 Å². The lowest BCUT2D eigenvalue weighted by Gasteiger charge is -1.92. The van der Waals surface area contributed by atoms with Crippen molar-refractivity contribution in [1.29, 1.82) is 0 Å². The van der Waals surface area contributed by atoms with Crippen molar-refractivity contribution in [2.24, 2.45) is 0 Å². The van der Waals surface area contributed by atoms with Crippen LogP contribution in [0.2, 0.25) is 0 Å². The van der Waals surface area contributed by atoms with Gasteiger partial charge in [-0.05, 0) is 23.7 Å². The largest absolute Gasteiger partial charge is 0.276 e. The zero-order chi connectivity index (χ0) is 7.56. The highest BCUT2D eigenvalue weighted by Crippen LogP contribution is 2.10. The van der Waals surface area contributed by atoms with Crippen LogP contribution in [0.5, 0.6) is 0 Å². The third-order valence-electron chi connectivity index (χ3n) is 1.07. The highest BCUT2D eigenvalue weighted by molar-refractivity contribution is 7.80. The molecule has 0 heterocycles. The fourth-order valence-corrected chi connectivity index (χ4v) is 0.971. The molecule has 0 unspecified atom stereocenters. The maximum atomic E-state index is 10.5. The summed E-state index contributed by atoms with van der Waals surface area (Å²) in [5.74, 6) is 0. The Bertz CT molecular complexity index is 260. The number of carbonyl (C=O) groups excluding carboxylic acids is 1. The average Bonchev–Trinajstić information content (AvgIpc) is 1.88. The van der Waals surface area contributed by atoms with Crippen molar-refractivity contribution in [2.45, 2.75) is 4.90 Å². The van der Waals surface area contributed by atoms with E-state index in [2.05, 4.69) is 12.6 Å². The van der Waals surface area contributed by atoms with Gasteiger partial charge in [0.1, 0.15) is 0 Å². The first kappa shape index (κ1) is 7.63. The first-order chi connectivity index (χ1) is 4.70. The summed E-state index contributed by atoms with van der Waals surface area (Å²) in [7, 11) is 0. The number of carbonyl (C=O) groups is 1. The van der Waals surface area contributed by atoms with Gasteiger partial charge in [-0.15, -0.1) is 12.6 Å². The second-order valence-corrected chi connectivity index (χ2v) is 2.68. The number of hydrogen-bond acceptors (Lipinski definition) is 2. The van der Waals surface area contributed by atoms with Crippen molar-refractivity contribution in [2.75, 3.05) is 0 Å². The molecule has 1 aromatic rings. The second-order valence-electron chi connectivity index (χ2n) is 1.82. The van der Waals surface area contributed by atoms with Crippen molar-refractivity contribution in [1.82, 2.24) is 0 Å². The molecule has 0 radical (unpaired) electrons. The molecule has 1 rings (SSSR count). The third kappa shape index (κ3) is 1.75. The van der Waals surface area contributed by atoms with E-state index in [1.165, 1.54) is 0 Å². The number of halogens is 1. The van der Waals surface area contributed by atoms with E-state index >= 15 is 0 Å². The molecule has 0 spiro atoms. The molecule has 0 aromatic heterocycles. The van der Waals surface area contributed by atoms with Crippen LogP contribution in [0.3, 0.4) is 0 Å². The second kappa shape index (κ2) is 3.08. The summed E-state index contributed by atoms with van der Waals surface area (Å²) in [4.78, 5) is 11.3. The number of thiol groups is 1. The van der Waals surface area contributed by atoms with Crippen molar-refractivity contribution >= 4 is 29.5 Å². The fourth-order valence-electron chi connectivity index (χ4n) is 0.628. The monoisotopic (exact) mass is 172 g/mol. The molecule has 52 valence electrons. The molecular weight excluding hydrogens is 168 g/mol. The van der Waals surface area contributed by atoms with Crippen LogP contribution in [-0.2, 0) is 0 Å². The predicted molar refractivity (Wildman–Crippen MR) is 43.9 cm³/mol. The van der Waals surface area contributed by atoms with Crippen LogP contribution in [0.1, 0.15) is 10.4 Å². The molecule has 0 saturated carbocycles. The number of rotatable bonds is 1. The van der Waals surface area contributed by atoms with Crippen LogP contribution in [0, 0.1) is 0 Å². The molecule has 0 aliphatic heterocycles. The highest BCUT2D eigenvalue weighted by atomic mass is 35.5. The average molecular weight is 173 g/mol. The van der Waals surface area contributed by atoms with E-state index in [4.69, 9.17) is 11.6 Å². The first-order valence-corrected chi connectivity index (χ1v) is 3.51. The summed E-state index contributed by atoms with van der Waals surface area (Å²) in [6.07, 6.45) is 0. The Morgan fingerprint density at radius 1 is 1.50 bits per heavy atom. The lowest BCUT2D eigenvalue weighted by atomic mass is 10.2. The Morgan fingerprint density at radius 2 is 2.20 bits per heavy atom. The minimum absolute atomic E-state index is 0.448. The number of benzene rings is 1. The molecular formula is C7H5ClOS.